The Labute approximate surface area is 220 Å². The van der Waals surface area contributed by atoms with Gasteiger partial charge in [-0.05, 0) is 63.8 Å². The molecular formula is C26H33ClN6O4. The number of hydrogen-bond donors (Lipinski definition) is 4. The molecule has 2 aromatic heterocycles. The Morgan fingerprint density at radius 3 is 2.54 bits per heavy atom. The molecule has 37 heavy (non-hydrogen) atoms. The maximum Gasteiger partial charge on any atom is 0.408 e. The number of carbonyl (C=O) groups is 2. The van der Waals surface area contributed by atoms with Crippen molar-refractivity contribution in [1.82, 2.24) is 25.6 Å². The van der Waals surface area contributed by atoms with Crippen molar-refractivity contribution in [3.63, 3.8) is 0 Å². The van der Waals surface area contributed by atoms with Gasteiger partial charge in [0.15, 0.2) is 0 Å². The van der Waals surface area contributed by atoms with Gasteiger partial charge in [0, 0.05) is 30.9 Å². The second-order valence-corrected chi connectivity index (χ2v) is 10.7. The normalized spacial score (nSPS) is 16.3. The average molecular weight is 529 g/mol. The Kier molecular flexibility index (Phi) is 7.89. The third-order valence-electron chi connectivity index (χ3n) is 6.42. The summed E-state index contributed by atoms with van der Waals surface area (Å²) in [6.45, 7) is 6.16. The number of nitrogens with zero attached hydrogens (tertiary/aromatic N) is 3. The highest BCUT2D eigenvalue weighted by Gasteiger charge is 2.44. The number of benzene rings is 1. The van der Waals surface area contributed by atoms with Crippen LogP contribution in [0.25, 0.3) is 11.0 Å². The van der Waals surface area contributed by atoms with Gasteiger partial charge in [0.1, 0.15) is 28.9 Å². The first kappa shape index (κ1) is 26.7. The van der Waals surface area contributed by atoms with Gasteiger partial charge in [-0.2, -0.15) is 0 Å². The Morgan fingerprint density at radius 1 is 1.19 bits per heavy atom. The summed E-state index contributed by atoms with van der Waals surface area (Å²) in [4.78, 5) is 40.6. The predicted octanol–water partition coefficient (Wildman–Crippen LogP) is 3.71. The van der Waals surface area contributed by atoms with Gasteiger partial charge >= 0.3 is 6.09 Å². The average Bonchev–Trinajstić information content (AvgIpc) is 3.33. The number of H-pyrrole nitrogens is 1. The SMILES string of the molecule is CC(C)(C)OC(=O)NC1(C(=O)NC(CCO)c2ccc(Cl)cc2)CCN(c2ncnc3[nH]ccc23)CC1. The molecule has 1 aliphatic heterocycles. The van der Waals surface area contributed by atoms with E-state index in [0.29, 0.717) is 37.4 Å². The highest BCUT2D eigenvalue weighted by molar-refractivity contribution is 6.30. The largest absolute Gasteiger partial charge is 0.444 e. The Morgan fingerprint density at radius 2 is 1.89 bits per heavy atom. The quantitative estimate of drug-likeness (QED) is 0.367. The molecule has 1 fully saturated rings. The van der Waals surface area contributed by atoms with Gasteiger partial charge < -0.3 is 30.4 Å². The van der Waals surface area contributed by atoms with E-state index in [2.05, 4.69) is 30.5 Å². The number of piperidine rings is 1. The Hall–Kier alpha value is -3.37. The Balaban J connectivity index is 1.57. The van der Waals surface area contributed by atoms with Crippen LogP contribution in [0.5, 0.6) is 0 Å². The van der Waals surface area contributed by atoms with Crippen molar-refractivity contribution >= 4 is 40.5 Å². The van der Waals surface area contributed by atoms with E-state index in [-0.39, 0.29) is 12.5 Å². The van der Waals surface area contributed by atoms with Crippen LogP contribution in [0.2, 0.25) is 5.02 Å². The van der Waals surface area contributed by atoms with Crippen molar-refractivity contribution in [2.45, 2.75) is 57.2 Å². The Bertz CT molecular complexity index is 1230. The van der Waals surface area contributed by atoms with Crippen molar-refractivity contribution in [2.75, 3.05) is 24.6 Å². The first-order chi connectivity index (χ1) is 17.6. The number of nitrogens with one attached hydrogen (secondary N) is 3. The molecule has 0 saturated carbocycles. The van der Waals surface area contributed by atoms with E-state index in [0.717, 1.165) is 22.4 Å². The lowest BCUT2D eigenvalue weighted by molar-refractivity contribution is -0.129. The van der Waals surface area contributed by atoms with Crippen molar-refractivity contribution in [3.05, 3.63) is 53.4 Å². The smallest absolute Gasteiger partial charge is 0.408 e. The van der Waals surface area contributed by atoms with E-state index in [1.807, 2.05) is 24.4 Å². The lowest BCUT2D eigenvalue weighted by Gasteiger charge is -2.42. The maximum atomic E-state index is 13.8. The number of aliphatic hydroxyl groups excluding tert-OH is 1. The van der Waals surface area contributed by atoms with Crippen LogP contribution in [0.4, 0.5) is 10.6 Å². The van der Waals surface area contributed by atoms with Gasteiger partial charge in [0.25, 0.3) is 0 Å². The van der Waals surface area contributed by atoms with Gasteiger partial charge in [0.05, 0.1) is 11.4 Å². The molecule has 3 heterocycles. The molecular weight excluding hydrogens is 496 g/mol. The van der Waals surface area contributed by atoms with Crippen LogP contribution in [0.3, 0.4) is 0 Å². The third-order valence-corrected chi connectivity index (χ3v) is 6.67. The number of fused-ring (bicyclic) bond motifs is 1. The number of ether oxygens (including phenoxy) is 1. The first-order valence-corrected chi connectivity index (χ1v) is 12.7. The fourth-order valence-electron chi connectivity index (χ4n) is 4.56. The summed E-state index contributed by atoms with van der Waals surface area (Å²) in [5.41, 5.74) is -0.372. The molecule has 1 unspecified atom stereocenters. The number of carbonyl (C=O) groups excluding carboxylic acids is 2. The molecule has 0 aliphatic carbocycles. The van der Waals surface area contributed by atoms with Crippen LogP contribution < -0.4 is 15.5 Å². The van der Waals surface area contributed by atoms with E-state index in [4.69, 9.17) is 16.3 Å². The third kappa shape index (κ3) is 6.31. The summed E-state index contributed by atoms with van der Waals surface area (Å²) >= 11 is 6.03. The van der Waals surface area contributed by atoms with Crippen LogP contribution in [0, 0.1) is 0 Å². The van der Waals surface area contributed by atoms with Crippen molar-refractivity contribution in [2.24, 2.45) is 0 Å². The van der Waals surface area contributed by atoms with E-state index in [1.165, 1.54) is 6.33 Å². The summed E-state index contributed by atoms with van der Waals surface area (Å²) in [6, 6.07) is 8.58. The second kappa shape index (κ2) is 10.9. The molecule has 1 aliphatic rings. The summed E-state index contributed by atoms with van der Waals surface area (Å²) in [5.74, 6) is 0.442. The van der Waals surface area contributed by atoms with E-state index in [9.17, 15) is 14.7 Å². The summed E-state index contributed by atoms with van der Waals surface area (Å²) in [7, 11) is 0. The van der Waals surface area contributed by atoms with Gasteiger partial charge in [-0.3, -0.25) is 4.79 Å². The zero-order chi connectivity index (χ0) is 26.6. The molecule has 0 spiro atoms. The lowest BCUT2D eigenvalue weighted by Crippen LogP contribution is -2.64. The zero-order valence-electron chi connectivity index (χ0n) is 21.3. The molecule has 4 rings (SSSR count). The molecule has 4 N–H and O–H groups in total. The standard InChI is InChI=1S/C26H33ClN6O4/c1-25(2,3)37-24(36)32-26(23(35)31-20(9-15-34)17-4-6-18(27)7-5-17)10-13-33(14-11-26)22-19-8-12-28-21(19)29-16-30-22/h4-8,12,16,20,34H,9-11,13-15H2,1-3H3,(H,31,35)(H,32,36)(H,28,29,30). The topological polar surface area (TPSA) is 132 Å². The number of aliphatic hydroxyl groups is 1. The fourth-order valence-corrected chi connectivity index (χ4v) is 4.69. The summed E-state index contributed by atoms with van der Waals surface area (Å²) in [6.07, 6.45) is 3.64. The van der Waals surface area contributed by atoms with E-state index in [1.54, 1.807) is 32.9 Å². The van der Waals surface area contributed by atoms with Crippen molar-refractivity contribution in [1.29, 1.82) is 0 Å². The minimum absolute atomic E-state index is 0.117. The summed E-state index contributed by atoms with van der Waals surface area (Å²) in [5, 5.41) is 17.1. The van der Waals surface area contributed by atoms with Gasteiger partial charge in [0.2, 0.25) is 5.91 Å². The number of halogens is 1. The molecule has 1 aromatic carbocycles. The molecule has 2 amide bonds. The molecule has 10 nitrogen and oxygen atoms in total. The minimum Gasteiger partial charge on any atom is -0.444 e. The molecule has 1 saturated heterocycles. The molecule has 11 heteroatoms. The van der Waals surface area contributed by atoms with Gasteiger partial charge in [-0.25, -0.2) is 14.8 Å². The van der Waals surface area contributed by atoms with Crippen LogP contribution in [-0.2, 0) is 9.53 Å². The number of rotatable bonds is 7. The highest BCUT2D eigenvalue weighted by Crippen LogP contribution is 2.31. The van der Waals surface area contributed by atoms with Gasteiger partial charge in [-0.15, -0.1) is 0 Å². The molecule has 0 bridgehead atoms. The second-order valence-electron chi connectivity index (χ2n) is 10.2. The van der Waals surface area contributed by atoms with Crippen LogP contribution in [-0.4, -0.2) is 62.9 Å². The number of aromatic nitrogens is 3. The van der Waals surface area contributed by atoms with Crippen molar-refractivity contribution < 1.29 is 19.4 Å². The van der Waals surface area contributed by atoms with Crippen LogP contribution in [0.15, 0.2) is 42.9 Å². The number of alkyl carbamates (subject to hydrolysis) is 1. The highest BCUT2D eigenvalue weighted by atomic mass is 35.5. The summed E-state index contributed by atoms with van der Waals surface area (Å²) < 4.78 is 5.50. The number of anilines is 1. The monoisotopic (exact) mass is 528 g/mol. The minimum atomic E-state index is -1.21. The molecule has 1 atom stereocenters. The van der Waals surface area contributed by atoms with Gasteiger partial charge in [-0.1, -0.05) is 23.7 Å². The zero-order valence-corrected chi connectivity index (χ0v) is 22.0. The number of aromatic amines is 1. The molecule has 0 radical (unpaired) electrons. The van der Waals surface area contributed by atoms with Crippen LogP contribution in [0.1, 0.15) is 51.6 Å². The number of amides is 2. The predicted molar refractivity (Wildman–Crippen MR) is 141 cm³/mol. The maximum absolute atomic E-state index is 13.8. The van der Waals surface area contributed by atoms with E-state index < -0.39 is 23.3 Å². The number of hydrogen-bond acceptors (Lipinski definition) is 7. The first-order valence-electron chi connectivity index (χ1n) is 12.3. The lowest BCUT2D eigenvalue weighted by atomic mass is 9.85. The fraction of sp³-hybridized carbons (Fsp3) is 0.462. The molecule has 198 valence electrons. The van der Waals surface area contributed by atoms with Crippen LogP contribution >= 0.6 is 11.6 Å². The van der Waals surface area contributed by atoms with Crippen molar-refractivity contribution in [3.8, 4) is 0 Å². The van der Waals surface area contributed by atoms with E-state index >= 15 is 0 Å². The molecule has 3 aromatic rings.